The highest BCUT2D eigenvalue weighted by Gasteiger charge is 2.11. The largest absolute Gasteiger partial charge is 0.465 e. The van der Waals surface area contributed by atoms with Gasteiger partial charge in [-0.15, -0.1) is 0 Å². The van der Waals surface area contributed by atoms with Crippen LogP contribution in [-0.2, 0) is 4.74 Å². The van der Waals surface area contributed by atoms with Gasteiger partial charge in [0.15, 0.2) is 0 Å². The minimum absolute atomic E-state index is 0.296. The highest BCUT2D eigenvalue weighted by Crippen LogP contribution is 2.17. The maximum atomic E-state index is 11.4. The first-order chi connectivity index (χ1) is 7.22. The topological polar surface area (TPSA) is 52.1 Å². The number of carbonyl (C=O) groups excluding carboxylic acids is 1. The maximum absolute atomic E-state index is 11.4. The predicted octanol–water partition coefficient (Wildman–Crippen LogP) is 2.07. The van der Waals surface area contributed by atoms with Crippen molar-refractivity contribution in [3.05, 3.63) is 35.1 Å². The Morgan fingerprint density at radius 1 is 1.47 bits per heavy atom. The second-order valence-corrected chi connectivity index (χ2v) is 3.24. The number of para-hydroxylation sites is 1. The standard InChI is InChI=1S/C10H7ClN2O2/c1-15-10(14)6-3-2-4-7-9(6)12-5-8(11)13-7/h2-5H,1H3. The molecule has 0 saturated heterocycles. The fourth-order valence-corrected chi connectivity index (χ4v) is 1.43. The van der Waals surface area contributed by atoms with Crippen LogP contribution in [0.15, 0.2) is 24.4 Å². The molecule has 4 nitrogen and oxygen atoms in total. The maximum Gasteiger partial charge on any atom is 0.340 e. The molecule has 0 aliphatic carbocycles. The van der Waals surface area contributed by atoms with Gasteiger partial charge in [-0.3, -0.25) is 4.98 Å². The molecule has 2 aromatic rings. The lowest BCUT2D eigenvalue weighted by atomic mass is 10.2. The lowest BCUT2D eigenvalue weighted by Gasteiger charge is -2.02. The summed E-state index contributed by atoms with van der Waals surface area (Å²) < 4.78 is 4.63. The van der Waals surface area contributed by atoms with Gasteiger partial charge in [-0.2, -0.15) is 0 Å². The third-order valence-corrected chi connectivity index (χ3v) is 2.13. The fourth-order valence-electron chi connectivity index (χ4n) is 1.29. The molecule has 76 valence electrons. The SMILES string of the molecule is COC(=O)c1cccc2nc(Cl)cnc12. The Morgan fingerprint density at radius 3 is 3.00 bits per heavy atom. The summed E-state index contributed by atoms with van der Waals surface area (Å²) in [6.07, 6.45) is 1.40. The van der Waals surface area contributed by atoms with E-state index in [-0.39, 0.29) is 0 Å². The third-order valence-electron chi connectivity index (χ3n) is 1.95. The minimum atomic E-state index is -0.433. The van der Waals surface area contributed by atoms with Crippen molar-refractivity contribution >= 4 is 28.6 Å². The lowest BCUT2D eigenvalue weighted by molar-refractivity contribution is 0.0603. The van der Waals surface area contributed by atoms with Crippen molar-refractivity contribution in [1.29, 1.82) is 0 Å². The monoisotopic (exact) mass is 222 g/mol. The van der Waals surface area contributed by atoms with Gasteiger partial charge < -0.3 is 4.74 Å². The summed E-state index contributed by atoms with van der Waals surface area (Å²) in [5.41, 5.74) is 1.46. The van der Waals surface area contributed by atoms with Crippen molar-refractivity contribution < 1.29 is 9.53 Å². The van der Waals surface area contributed by atoms with Crippen molar-refractivity contribution in [3.8, 4) is 0 Å². The number of ether oxygens (including phenoxy) is 1. The number of rotatable bonds is 1. The molecule has 0 aliphatic rings. The lowest BCUT2D eigenvalue weighted by Crippen LogP contribution is -2.03. The van der Waals surface area contributed by atoms with Crippen LogP contribution in [0, 0.1) is 0 Å². The molecule has 0 spiro atoms. The van der Waals surface area contributed by atoms with Gasteiger partial charge >= 0.3 is 5.97 Å². The van der Waals surface area contributed by atoms with E-state index in [1.54, 1.807) is 18.2 Å². The minimum Gasteiger partial charge on any atom is -0.465 e. The van der Waals surface area contributed by atoms with Gasteiger partial charge in [0.1, 0.15) is 10.7 Å². The summed E-state index contributed by atoms with van der Waals surface area (Å²) >= 11 is 5.69. The van der Waals surface area contributed by atoms with Crippen LogP contribution in [0.2, 0.25) is 5.15 Å². The molecule has 1 heterocycles. The second-order valence-electron chi connectivity index (χ2n) is 2.86. The molecule has 1 aromatic heterocycles. The van der Waals surface area contributed by atoms with Crippen molar-refractivity contribution in [1.82, 2.24) is 9.97 Å². The summed E-state index contributed by atoms with van der Waals surface area (Å²) in [6, 6.07) is 5.08. The van der Waals surface area contributed by atoms with Gasteiger partial charge in [0, 0.05) is 0 Å². The van der Waals surface area contributed by atoms with Crippen molar-refractivity contribution in [2.75, 3.05) is 7.11 Å². The van der Waals surface area contributed by atoms with E-state index in [0.717, 1.165) is 0 Å². The molecule has 0 amide bonds. The van der Waals surface area contributed by atoms with Gasteiger partial charge in [-0.25, -0.2) is 9.78 Å². The molecule has 15 heavy (non-hydrogen) atoms. The Hall–Kier alpha value is -1.68. The molecule has 0 atom stereocenters. The van der Waals surface area contributed by atoms with Crippen LogP contribution in [0.4, 0.5) is 0 Å². The smallest absolute Gasteiger partial charge is 0.340 e. The average Bonchev–Trinajstić information content (AvgIpc) is 2.26. The van der Waals surface area contributed by atoms with E-state index in [2.05, 4.69) is 14.7 Å². The molecule has 0 aliphatic heterocycles. The molecule has 5 heteroatoms. The number of benzene rings is 1. The van der Waals surface area contributed by atoms with Gasteiger partial charge in [-0.1, -0.05) is 17.7 Å². The van der Waals surface area contributed by atoms with Crippen LogP contribution in [0.3, 0.4) is 0 Å². The molecule has 0 radical (unpaired) electrons. The summed E-state index contributed by atoms with van der Waals surface area (Å²) in [5, 5.41) is 0.296. The zero-order valence-electron chi connectivity index (χ0n) is 7.90. The molecule has 0 unspecified atom stereocenters. The van der Waals surface area contributed by atoms with Crippen molar-refractivity contribution in [3.63, 3.8) is 0 Å². The van der Waals surface area contributed by atoms with Crippen LogP contribution in [0.5, 0.6) is 0 Å². The highest BCUT2D eigenvalue weighted by atomic mass is 35.5. The Labute approximate surface area is 90.9 Å². The quantitative estimate of drug-likeness (QED) is 0.693. The Bertz CT molecular complexity index is 528. The average molecular weight is 223 g/mol. The van der Waals surface area contributed by atoms with Crippen LogP contribution in [0.1, 0.15) is 10.4 Å². The van der Waals surface area contributed by atoms with Gasteiger partial charge in [-0.05, 0) is 12.1 Å². The molecule has 1 aromatic carbocycles. The Kier molecular flexibility index (Phi) is 2.51. The number of methoxy groups -OCH3 is 1. The Morgan fingerprint density at radius 2 is 2.27 bits per heavy atom. The molecular formula is C10H7ClN2O2. The van der Waals surface area contributed by atoms with Crippen LogP contribution in [0.25, 0.3) is 11.0 Å². The van der Waals surface area contributed by atoms with Crippen LogP contribution >= 0.6 is 11.6 Å². The van der Waals surface area contributed by atoms with E-state index < -0.39 is 5.97 Å². The zero-order chi connectivity index (χ0) is 10.8. The number of halogens is 1. The first-order valence-electron chi connectivity index (χ1n) is 4.22. The summed E-state index contributed by atoms with van der Waals surface area (Å²) in [6.45, 7) is 0. The second kappa shape index (κ2) is 3.82. The molecule has 0 saturated carbocycles. The normalized spacial score (nSPS) is 10.3. The molecular weight excluding hydrogens is 216 g/mol. The number of fused-ring (bicyclic) bond motifs is 1. The Balaban J connectivity index is 2.71. The number of carbonyl (C=O) groups is 1. The van der Waals surface area contributed by atoms with Crippen LogP contribution < -0.4 is 0 Å². The molecule has 0 fully saturated rings. The van der Waals surface area contributed by atoms with E-state index in [0.29, 0.717) is 21.7 Å². The predicted molar refractivity (Wildman–Crippen MR) is 55.9 cm³/mol. The van der Waals surface area contributed by atoms with E-state index >= 15 is 0 Å². The fraction of sp³-hybridized carbons (Fsp3) is 0.100. The van der Waals surface area contributed by atoms with Gasteiger partial charge in [0.2, 0.25) is 0 Å². The summed E-state index contributed by atoms with van der Waals surface area (Å²) in [5.74, 6) is -0.433. The third kappa shape index (κ3) is 1.76. The van der Waals surface area contributed by atoms with Crippen LogP contribution in [-0.4, -0.2) is 23.0 Å². The van der Waals surface area contributed by atoms with Gasteiger partial charge in [0.25, 0.3) is 0 Å². The van der Waals surface area contributed by atoms with E-state index in [1.165, 1.54) is 13.3 Å². The summed E-state index contributed by atoms with van der Waals surface area (Å²) in [4.78, 5) is 19.5. The first-order valence-corrected chi connectivity index (χ1v) is 4.60. The zero-order valence-corrected chi connectivity index (χ0v) is 8.65. The number of esters is 1. The molecule has 0 bridgehead atoms. The number of nitrogens with zero attached hydrogens (tertiary/aromatic N) is 2. The van der Waals surface area contributed by atoms with Crippen molar-refractivity contribution in [2.24, 2.45) is 0 Å². The van der Waals surface area contributed by atoms with E-state index in [9.17, 15) is 4.79 Å². The van der Waals surface area contributed by atoms with E-state index in [4.69, 9.17) is 11.6 Å². The highest BCUT2D eigenvalue weighted by molar-refractivity contribution is 6.29. The van der Waals surface area contributed by atoms with Crippen molar-refractivity contribution in [2.45, 2.75) is 0 Å². The number of hydrogen-bond acceptors (Lipinski definition) is 4. The summed E-state index contributed by atoms with van der Waals surface area (Å²) in [7, 11) is 1.32. The molecule has 0 N–H and O–H groups in total. The van der Waals surface area contributed by atoms with Gasteiger partial charge in [0.05, 0.1) is 24.4 Å². The number of hydrogen-bond donors (Lipinski definition) is 0. The van der Waals surface area contributed by atoms with E-state index in [1.807, 2.05) is 0 Å². The molecule has 2 rings (SSSR count). The number of aromatic nitrogens is 2. The first kappa shape index (κ1) is 9.86.